The Bertz CT molecular complexity index is 1730. The molecule has 0 bridgehead atoms. The van der Waals surface area contributed by atoms with E-state index in [1.54, 1.807) is 0 Å². The molecule has 0 spiro atoms. The van der Waals surface area contributed by atoms with Crippen molar-refractivity contribution in [1.29, 1.82) is 0 Å². The number of Topliss-reactive ketones (excluding diaryl/α,β-unsaturated/α-hetero) is 1. The van der Waals surface area contributed by atoms with Crippen LogP contribution in [-0.2, 0) is 13.0 Å². The van der Waals surface area contributed by atoms with E-state index in [9.17, 15) is 18.4 Å². The lowest BCUT2D eigenvalue weighted by molar-refractivity contribution is 0.0981. The number of ketones is 1. The molecule has 0 atom stereocenters. The summed E-state index contributed by atoms with van der Waals surface area (Å²) in [4.78, 5) is 38.6. The van der Waals surface area contributed by atoms with Gasteiger partial charge in [0.2, 0.25) is 0 Å². The third-order valence-electron chi connectivity index (χ3n) is 6.25. The fourth-order valence-corrected chi connectivity index (χ4v) is 4.22. The van der Waals surface area contributed by atoms with Crippen LogP contribution in [0, 0.1) is 11.6 Å². The summed E-state index contributed by atoms with van der Waals surface area (Å²) in [5.74, 6) is -1.55. The minimum absolute atomic E-state index is 0.0243. The maximum absolute atomic E-state index is 13.5. The van der Waals surface area contributed by atoms with Crippen LogP contribution in [-0.4, -0.2) is 25.3 Å². The molecular formula is C31H24F2N4O2. The van der Waals surface area contributed by atoms with Gasteiger partial charge in [-0.15, -0.1) is 0 Å². The van der Waals surface area contributed by atoms with Gasteiger partial charge in [-0.25, -0.2) is 23.7 Å². The molecule has 2 aromatic heterocycles. The molecule has 0 aliphatic rings. The molecule has 194 valence electrons. The lowest BCUT2D eigenvalue weighted by atomic mass is 10.1. The molecule has 0 N–H and O–H groups in total. The Morgan fingerprint density at radius 3 is 2.59 bits per heavy atom. The molecule has 0 saturated carbocycles. The maximum atomic E-state index is 13.5. The predicted molar refractivity (Wildman–Crippen MR) is 145 cm³/mol. The van der Waals surface area contributed by atoms with E-state index < -0.39 is 17.2 Å². The molecule has 3 aromatic carbocycles. The third-order valence-corrected chi connectivity index (χ3v) is 6.25. The summed E-state index contributed by atoms with van der Waals surface area (Å²) in [6.07, 6.45) is 9.34. The van der Waals surface area contributed by atoms with Gasteiger partial charge in [0.25, 0.3) is 5.56 Å². The van der Waals surface area contributed by atoms with Gasteiger partial charge in [-0.05, 0) is 47.4 Å². The van der Waals surface area contributed by atoms with Gasteiger partial charge in [0, 0.05) is 30.6 Å². The number of fused-ring (bicyclic) bond motifs is 1. The number of carbonyl (C=O) groups is 1. The van der Waals surface area contributed by atoms with Crippen molar-refractivity contribution in [3.05, 3.63) is 142 Å². The largest absolute Gasteiger partial charge is 0.294 e. The molecule has 0 fully saturated rings. The van der Waals surface area contributed by atoms with E-state index in [0.29, 0.717) is 18.4 Å². The molecule has 5 aromatic rings. The standard InChI is InChI=1S/C31H24F2N4O2/c32-26-12-10-23(15-27(26)33)19-37-20-34-18-25(31(37)39)29(38)9-5-4-8-22-11-13-28-24(14-22)17-35-30(36-28)16-21-6-2-1-3-7-21/h1-4,6-8,10-15,17-18,20H,5,9,16,19H2/b8-4+. The summed E-state index contributed by atoms with van der Waals surface area (Å²) in [5, 5.41) is 0.919. The zero-order chi connectivity index (χ0) is 27.2. The van der Waals surface area contributed by atoms with Gasteiger partial charge in [-0.1, -0.05) is 54.6 Å². The molecule has 0 saturated heterocycles. The second-order valence-corrected chi connectivity index (χ2v) is 9.12. The quantitative estimate of drug-likeness (QED) is 0.229. The van der Waals surface area contributed by atoms with Crippen molar-refractivity contribution in [2.75, 3.05) is 0 Å². The number of benzene rings is 3. The molecule has 8 heteroatoms. The number of carbonyl (C=O) groups excluding carboxylic acids is 1. The number of nitrogens with zero attached hydrogens (tertiary/aromatic N) is 4. The second kappa shape index (κ2) is 11.7. The first-order chi connectivity index (χ1) is 19.0. The summed E-state index contributed by atoms with van der Waals surface area (Å²) in [6.45, 7) is -0.0243. The maximum Gasteiger partial charge on any atom is 0.264 e. The average Bonchev–Trinajstić information content (AvgIpc) is 2.94. The van der Waals surface area contributed by atoms with Crippen LogP contribution in [0.1, 0.15) is 45.7 Å². The molecule has 2 heterocycles. The number of aromatic nitrogens is 4. The van der Waals surface area contributed by atoms with E-state index in [-0.39, 0.29) is 24.3 Å². The molecule has 39 heavy (non-hydrogen) atoms. The van der Waals surface area contributed by atoms with Gasteiger partial charge in [-0.2, -0.15) is 0 Å². The number of allylic oxidation sites excluding steroid dienone is 1. The molecular weight excluding hydrogens is 498 g/mol. The third kappa shape index (κ3) is 6.35. The molecule has 0 unspecified atom stereocenters. The van der Waals surface area contributed by atoms with Crippen LogP contribution in [0.3, 0.4) is 0 Å². The van der Waals surface area contributed by atoms with Crippen LogP contribution < -0.4 is 5.56 Å². The van der Waals surface area contributed by atoms with Crippen LogP contribution in [0.2, 0.25) is 0 Å². The monoisotopic (exact) mass is 522 g/mol. The number of hydrogen-bond donors (Lipinski definition) is 0. The number of hydrogen-bond acceptors (Lipinski definition) is 5. The highest BCUT2D eigenvalue weighted by molar-refractivity contribution is 5.95. The van der Waals surface area contributed by atoms with Crippen LogP contribution in [0.5, 0.6) is 0 Å². The summed E-state index contributed by atoms with van der Waals surface area (Å²) in [5.41, 5.74) is 2.79. The van der Waals surface area contributed by atoms with Crippen molar-refractivity contribution in [2.24, 2.45) is 0 Å². The van der Waals surface area contributed by atoms with E-state index in [0.717, 1.165) is 40.0 Å². The van der Waals surface area contributed by atoms with Crippen LogP contribution in [0.25, 0.3) is 17.0 Å². The van der Waals surface area contributed by atoms with Crippen LogP contribution in [0.15, 0.2) is 96.3 Å². The first-order valence-electron chi connectivity index (χ1n) is 12.4. The second-order valence-electron chi connectivity index (χ2n) is 9.12. The fraction of sp³-hybridized carbons (Fsp3) is 0.129. The van der Waals surface area contributed by atoms with E-state index >= 15 is 0 Å². The van der Waals surface area contributed by atoms with E-state index in [1.807, 2.05) is 66.9 Å². The van der Waals surface area contributed by atoms with Crippen molar-refractivity contribution >= 4 is 22.8 Å². The lowest BCUT2D eigenvalue weighted by Gasteiger charge is -2.07. The van der Waals surface area contributed by atoms with Gasteiger partial charge < -0.3 is 0 Å². The Balaban J connectivity index is 1.20. The lowest BCUT2D eigenvalue weighted by Crippen LogP contribution is -2.27. The SMILES string of the molecule is O=C(CC/C=C/c1ccc2nc(Cc3ccccc3)ncc2c1)c1cncn(Cc2ccc(F)c(F)c2)c1=O. The minimum atomic E-state index is -1.00. The van der Waals surface area contributed by atoms with Crippen molar-refractivity contribution in [2.45, 2.75) is 25.8 Å². The highest BCUT2D eigenvalue weighted by atomic mass is 19.2. The number of rotatable bonds is 9. The topological polar surface area (TPSA) is 77.7 Å². The Kier molecular flexibility index (Phi) is 7.73. The smallest absolute Gasteiger partial charge is 0.264 e. The molecule has 6 nitrogen and oxygen atoms in total. The summed E-state index contributed by atoms with van der Waals surface area (Å²) in [7, 11) is 0. The fourth-order valence-electron chi connectivity index (χ4n) is 4.22. The molecule has 0 aliphatic carbocycles. The van der Waals surface area contributed by atoms with Crippen LogP contribution in [0.4, 0.5) is 8.78 Å². The molecule has 0 aliphatic heterocycles. The summed E-state index contributed by atoms with van der Waals surface area (Å²) < 4.78 is 27.9. The zero-order valence-corrected chi connectivity index (χ0v) is 20.9. The van der Waals surface area contributed by atoms with Crippen molar-refractivity contribution in [3.63, 3.8) is 0 Å². The van der Waals surface area contributed by atoms with Gasteiger partial charge in [0.05, 0.1) is 18.4 Å². The van der Waals surface area contributed by atoms with Crippen molar-refractivity contribution in [3.8, 4) is 0 Å². The van der Waals surface area contributed by atoms with Gasteiger partial charge in [0.1, 0.15) is 11.4 Å². The molecule has 5 rings (SSSR count). The Hall–Kier alpha value is -4.85. The van der Waals surface area contributed by atoms with E-state index in [2.05, 4.69) is 15.0 Å². The molecule has 0 radical (unpaired) electrons. The Morgan fingerprint density at radius 1 is 0.923 bits per heavy atom. The van der Waals surface area contributed by atoms with Crippen molar-refractivity contribution in [1.82, 2.24) is 19.5 Å². The van der Waals surface area contributed by atoms with Crippen molar-refractivity contribution < 1.29 is 13.6 Å². The highest BCUT2D eigenvalue weighted by Crippen LogP contribution is 2.17. The first-order valence-corrected chi connectivity index (χ1v) is 12.4. The average molecular weight is 523 g/mol. The minimum Gasteiger partial charge on any atom is -0.294 e. The molecule has 0 amide bonds. The Morgan fingerprint density at radius 2 is 1.77 bits per heavy atom. The normalized spacial score (nSPS) is 11.3. The number of halogens is 2. The van der Waals surface area contributed by atoms with Gasteiger partial charge in [0.15, 0.2) is 17.4 Å². The first kappa shape index (κ1) is 25.8. The van der Waals surface area contributed by atoms with E-state index in [4.69, 9.17) is 0 Å². The predicted octanol–water partition coefficient (Wildman–Crippen LogP) is 5.78. The summed E-state index contributed by atoms with van der Waals surface area (Å²) >= 11 is 0. The zero-order valence-electron chi connectivity index (χ0n) is 20.9. The van der Waals surface area contributed by atoms with Crippen LogP contribution >= 0.6 is 0 Å². The van der Waals surface area contributed by atoms with Gasteiger partial charge >= 0.3 is 0 Å². The summed E-state index contributed by atoms with van der Waals surface area (Å²) in [6, 6.07) is 19.3. The highest BCUT2D eigenvalue weighted by Gasteiger charge is 2.13. The Labute approximate surface area is 223 Å². The van der Waals surface area contributed by atoms with Gasteiger partial charge in [-0.3, -0.25) is 14.2 Å². The van der Waals surface area contributed by atoms with E-state index in [1.165, 1.54) is 23.2 Å².